The van der Waals surface area contributed by atoms with Crippen molar-refractivity contribution in [2.75, 3.05) is 13.1 Å². The van der Waals surface area contributed by atoms with Gasteiger partial charge >= 0.3 is 5.97 Å². The van der Waals surface area contributed by atoms with Crippen LogP contribution in [0.3, 0.4) is 0 Å². The molecular formula is C19H28N4O5. The lowest BCUT2D eigenvalue weighted by atomic mass is 10.0. The average molecular weight is 392 g/mol. The van der Waals surface area contributed by atoms with E-state index < -0.39 is 42.3 Å². The van der Waals surface area contributed by atoms with Crippen LogP contribution in [0.1, 0.15) is 25.8 Å². The molecule has 9 nitrogen and oxygen atoms in total. The van der Waals surface area contributed by atoms with Crippen molar-refractivity contribution in [1.82, 2.24) is 16.0 Å². The van der Waals surface area contributed by atoms with Crippen LogP contribution in [0.5, 0.6) is 0 Å². The number of carboxylic acids is 1. The van der Waals surface area contributed by atoms with E-state index in [9.17, 15) is 19.2 Å². The van der Waals surface area contributed by atoms with E-state index in [0.717, 1.165) is 5.56 Å². The highest BCUT2D eigenvalue weighted by Gasteiger charge is 2.27. The third-order valence-electron chi connectivity index (χ3n) is 3.87. The van der Waals surface area contributed by atoms with E-state index in [4.69, 9.17) is 10.8 Å². The van der Waals surface area contributed by atoms with Crippen LogP contribution in [-0.4, -0.2) is 54.0 Å². The van der Waals surface area contributed by atoms with Crippen molar-refractivity contribution in [3.05, 3.63) is 35.9 Å². The Morgan fingerprint density at radius 3 is 2.18 bits per heavy atom. The van der Waals surface area contributed by atoms with Gasteiger partial charge in [0.15, 0.2) is 0 Å². The molecule has 0 aliphatic carbocycles. The van der Waals surface area contributed by atoms with E-state index in [1.54, 1.807) is 0 Å². The first-order valence-corrected chi connectivity index (χ1v) is 9.06. The topological polar surface area (TPSA) is 151 Å². The Bertz CT molecular complexity index is 678. The first-order chi connectivity index (χ1) is 13.2. The number of carbonyl (C=O) groups is 4. The zero-order valence-corrected chi connectivity index (χ0v) is 16.1. The number of benzene rings is 1. The second-order valence-electron chi connectivity index (χ2n) is 6.82. The van der Waals surface area contributed by atoms with Gasteiger partial charge in [-0.25, -0.2) is 0 Å². The quantitative estimate of drug-likeness (QED) is 0.339. The molecule has 1 aromatic carbocycles. The van der Waals surface area contributed by atoms with Gasteiger partial charge in [0.05, 0.1) is 6.54 Å². The molecular weight excluding hydrogens is 364 g/mol. The molecule has 0 saturated carbocycles. The number of nitrogens with one attached hydrogen (secondary N) is 3. The predicted octanol–water partition coefficient (Wildman–Crippen LogP) is -0.596. The maximum Gasteiger partial charge on any atom is 0.322 e. The smallest absolute Gasteiger partial charge is 0.322 e. The molecule has 154 valence electrons. The summed E-state index contributed by atoms with van der Waals surface area (Å²) in [6.45, 7) is 2.94. The molecule has 0 aromatic heterocycles. The number of hydrogen-bond acceptors (Lipinski definition) is 5. The van der Waals surface area contributed by atoms with E-state index >= 15 is 0 Å². The predicted molar refractivity (Wildman–Crippen MR) is 103 cm³/mol. The molecule has 0 spiro atoms. The summed E-state index contributed by atoms with van der Waals surface area (Å²) < 4.78 is 0. The summed E-state index contributed by atoms with van der Waals surface area (Å²) in [5, 5.41) is 16.2. The van der Waals surface area contributed by atoms with Crippen molar-refractivity contribution in [3.63, 3.8) is 0 Å². The molecule has 0 saturated heterocycles. The number of nitrogens with two attached hydrogens (primary N) is 1. The van der Waals surface area contributed by atoms with Crippen molar-refractivity contribution in [3.8, 4) is 0 Å². The molecule has 2 unspecified atom stereocenters. The molecule has 9 heteroatoms. The highest BCUT2D eigenvalue weighted by molar-refractivity contribution is 5.93. The van der Waals surface area contributed by atoms with E-state index in [2.05, 4.69) is 16.0 Å². The van der Waals surface area contributed by atoms with Gasteiger partial charge in [-0.15, -0.1) is 0 Å². The molecule has 0 bridgehead atoms. The summed E-state index contributed by atoms with van der Waals surface area (Å²) >= 11 is 0. The minimum atomic E-state index is -1.18. The van der Waals surface area contributed by atoms with Crippen LogP contribution in [0.15, 0.2) is 30.3 Å². The van der Waals surface area contributed by atoms with Crippen molar-refractivity contribution in [2.45, 2.75) is 38.8 Å². The normalized spacial score (nSPS) is 12.7. The molecule has 1 aromatic rings. The standard InChI is InChI=1S/C19H28N4O5/c1-12(2)8-14(18(27)21-11-17(25)26)23-19(28)15(22-16(24)10-20)9-13-6-4-3-5-7-13/h3-7,12,14-15H,8-11,20H2,1-2H3,(H,21,27)(H,22,24)(H,23,28)(H,25,26). The highest BCUT2D eigenvalue weighted by Crippen LogP contribution is 2.08. The SMILES string of the molecule is CC(C)CC(NC(=O)C(Cc1ccccc1)NC(=O)CN)C(=O)NCC(=O)O. The Kier molecular flexibility index (Phi) is 9.66. The van der Waals surface area contributed by atoms with Gasteiger partial charge in [0.2, 0.25) is 17.7 Å². The Morgan fingerprint density at radius 2 is 1.64 bits per heavy atom. The second kappa shape index (κ2) is 11.7. The van der Waals surface area contributed by atoms with Crippen LogP contribution >= 0.6 is 0 Å². The summed E-state index contributed by atoms with van der Waals surface area (Å²) in [6, 6.07) is 7.27. The third kappa shape index (κ3) is 8.63. The summed E-state index contributed by atoms with van der Waals surface area (Å²) in [4.78, 5) is 47.5. The van der Waals surface area contributed by atoms with Crippen molar-refractivity contribution < 1.29 is 24.3 Å². The summed E-state index contributed by atoms with van der Waals surface area (Å²) in [6.07, 6.45) is 0.545. The van der Waals surface area contributed by atoms with E-state index in [1.165, 1.54) is 0 Å². The summed E-state index contributed by atoms with van der Waals surface area (Å²) in [7, 11) is 0. The zero-order chi connectivity index (χ0) is 21.1. The van der Waals surface area contributed by atoms with Gasteiger partial charge in [-0.05, 0) is 17.9 Å². The van der Waals surface area contributed by atoms with Crippen molar-refractivity contribution >= 4 is 23.7 Å². The van der Waals surface area contributed by atoms with Gasteiger partial charge in [-0.1, -0.05) is 44.2 Å². The summed E-state index contributed by atoms with van der Waals surface area (Å²) in [5.41, 5.74) is 6.16. The summed E-state index contributed by atoms with van der Waals surface area (Å²) in [5.74, 6) is -2.73. The fraction of sp³-hybridized carbons (Fsp3) is 0.474. The molecule has 1 rings (SSSR count). The Balaban J connectivity index is 2.90. The van der Waals surface area contributed by atoms with E-state index in [1.807, 2.05) is 44.2 Å². The monoisotopic (exact) mass is 392 g/mol. The number of aliphatic carboxylic acids is 1. The van der Waals surface area contributed by atoms with Gasteiger partial charge in [0.1, 0.15) is 18.6 Å². The molecule has 3 amide bonds. The number of rotatable bonds is 11. The minimum Gasteiger partial charge on any atom is -0.480 e. The lowest BCUT2D eigenvalue weighted by Gasteiger charge is -2.24. The molecule has 0 aliphatic rings. The average Bonchev–Trinajstić information content (AvgIpc) is 2.65. The van der Waals surface area contributed by atoms with Crippen LogP contribution in [0.4, 0.5) is 0 Å². The molecule has 28 heavy (non-hydrogen) atoms. The molecule has 0 heterocycles. The van der Waals surface area contributed by atoms with Crippen LogP contribution in [0, 0.1) is 5.92 Å². The van der Waals surface area contributed by atoms with Gasteiger partial charge in [-0.3, -0.25) is 19.2 Å². The number of carbonyl (C=O) groups excluding carboxylic acids is 3. The Morgan fingerprint density at radius 1 is 1.00 bits per heavy atom. The maximum atomic E-state index is 12.8. The van der Waals surface area contributed by atoms with Gasteiger partial charge in [0.25, 0.3) is 0 Å². The van der Waals surface area contributed by atoms with Gasteiger partial charge < -0.3 is 26.8 Å². The third-order valence-corrected chi connectivity index (χ3v) is 3.87. The molecule has 0 radical (unpaired) electrons. The number of amides is 3. The Hall–Kier alpha value is -2.94. The maximum absolute atomic E-state index is 12.8. The van der Waals surface area contributed by atoms with E-state index in [0.29, 0.717) is 6.42 Å². The van der Waals surface area contributed by atoms with Crippen LogP contribution in [-0.2, 0) is 25.6 Å². The Labute approximate surface area is 164 Å². The first-order valence-electron chi connectivity index (χ1n) is 9.06. The lowest BCUT2D eigenvalue weighted by Crippen LogP contribution is -2.55. The fourth-order valence-corrected chi connectivity index (χ4v) is 2.57. The second-order valence-corrected chi connectivity index (χ2v) is 6.82. The van der Waals surface area contributed by atoms with Crippen molar-refractivity contribution in [1.29, 1.82) is 0 Å². The molecule has 0 fully saturated rings. The lowest BCUT2D eigenvalue weighted by molar-refractivity contribution is -0.138. The number of carboxylic acid groups (broad SMARTS) is 1. The zero-order valence-electron chi connectivity index (χ0n) is 16.1. The largest absolute Gasteiger partial charge is 0.480 e. The molecule has 2 atom stereocenters. The van der Waals surface area contributed by atoms with Gasteiger partial charge in [0, 0.05) is 6.42 Å². The molecule has 6 N–H and O–H groups in total. The fourth-order valence-electron chi connectivity index (χ4n) is 2.57. The minimum absolute atomic E-state index is 0.0760. The van der Waals surface area contributed by atoms with Crippen LogP contribution < -0.4 is 21.7 Å². The number of hydrogen-bond donors (Lipinski definition) is 5. The van der Waals surface area contributed by atoms with Gasteiger partial charge in [-0.2, -0.15) is 0 Å². The van der Waals surface area contributed by atoms with Crippen LogP contribution in [0.2, 0.25) is 0 Å². The molecule has 0 aliphatic heterocycles. The van der Waals surface area contributed by atoms with E-state index in [-0.39, 0.29) is 18.9 Å². The highest BCUT2D eigenvalue weighted by atomic mass is 16.4. The van der Waals surface area contributed by atoms with Crippen molar-refractivity contribution in [2.24, 2.45) is 11.7 Å². The van der Waals surface area contributed by atoms with Crippen LogP contribution in [0.25, 0.3) is 0 Å². The first kappa shape index (κ1) is 23.1.